The van der Waals surface area contributed by atoms with Crippen molar-refractivity contribution in [3.63, 3.8) is 0 Å². The Morgan fingerprint density at radius 1 is 1.21 bits per heavy atom. The van der Waals surface area contributed by atoms with E-state index in [1.165, 1.54) is 11.3 Å². The first-order valence-corrected chi connectivity index (χ1v) is 11.4. The minimum atomic E-state index is -0.258. The number of nitrogens with one attached hydrogen (secondary N) is 1. The average molecular weight is 427 g/mol. The highest BCUT2D eigenvalue weighted by Crippen LogP contribution is 2.28. The number of hydrogen-bond donors (Lipinski definition) is 1. The number of hydrogen-bond acceptors (Lipinski definition) is 7. The number of thiazole rings is 1. The summed E-state index contributed by atoms with van der Waals surface area (Å²) in [5.41, 5.74) is 2.97. The molecule has 3 heterocycles. The van der Waals surface area contributed by atoms with Crippen molar-refractivity contribution in [1.82, 2.24) is 9.97 Å². The first kappa shape index (κ1) is 19.7. The van der Waals surface area contributed by atoms with Gasteiger partial charge in [0.1, 0.15) is 22.3 Å². The predicted molar refractivity (Wildman–Crippen MR) is 121 cm³/mol. The lowest BCUT2D eigenvalue weighted by Crippen LogP contribution is -2.32. The Bertz CT molecular complexity index is 998. The van der Waals surface area contributed by atoms with Crippen LogP contribution >= 0.6 is 23.1 Å². The Hall–Kier alpha value is -2.58. The molecule has 1 aliphatic heterocycles. The topological polar surface area (TPSA) is 67.3 Å². The van der Waals surface area contributed by atoms with Gasteiger partial charge in [-0.3, -0.25) is 4.79 Å². The maximum atomic E-state index is 12.7. The standard InChI is InChI=1S/C21H22N4O2S2/c1-14-3-5-18(27-2)16(11-14)23-20(26)17-13-29-21(24-17)15-4-6-19(22-12-15)25-7-9-28-10-8-25/h3-6,11-13H,7-10H2,1-2H3,(H,23,26). The van der Waals surface area contributed by atoms with Crippen molar-refractivity contribution in [1.29, 1.82) is 0 Å². The Balaban J connectivity index is 1.48. The third-order valence-electron chi connectivity index (χ3n) is 4.67. The maximum absolute atomic E-state index is 12.7. The number of thioether (sulfide) groups is 1. The fourth-order valence-corrected chi connectivity index (χ4v) is 4.80. The number of aromatic nitrogens is 2. The molecule has 1 aromatic carbocycles. The van der Waals surface area contributed by atoms with Gasteiger partial charge in [0, 0.05) is 41.7 Å². The van der Waals surface area contributed by atoms with E-state index in [1.54, 1.807) is 12.5 Å². The van der Waals surface area contributed by atoms with Crippen LogP contribution in [0.2, 0.25) is 0 Å². The van der Waals surface area contributed by atoms with Gasteiger partial charge in [-0.25, -0.2) is 9.97 Å². The number of nitrogens with zero attached hydrogens (tertiary/aromatic N) is 3. The lowest BCUT2D eigenvalue weighted by molar-refractivity contribution is 0.102. The second-order valence-electron chi connectivity index (χ2n) is 6.70. The molecule has 0 saturated carbocycles. The van der Waals surface area contributed by atoms with Gasteiger partial charge in [-0.05, 0) is 36.8 Å². The fourth-order valence-electron chi connectivity index (χ4n) is 3.11. The molecule has 0 spiro atoms. The maximum Gasteiger partial charge on any atom is 0.275 e. The van der Waals surface area contributed by atoms with Gasteiger partial charge < -0.3 is 15.0 Å². The van der Waals surface area contributed by atoms with Gasteiger partial charge in [0.05, 0.1) is 12.8 Å². The molecule has 1 saturated heterocycles. The molecular weight excluding hydrogens is 404 g/mol. The minimum absolute atomic E-state index is 0.258. The summed E-state index contributed by atoms with van der Waals surface area (Å²) in [4.78, 5) is 24.1. The van der Waals surface area contributed by atoms with Gasteiger partial charge in [0.15, 0.2) is 0 Å². The van der Waals surface area contributed by atoms with E-state index < -0.39 is 0 Å². The molecule has 1 aliphatic rings. The van der Waals surface area contributed by atoms with Crippen LogP contribution in [0.1, 0.15) is 16.1 Å². The molecule has 2 aromatic heterocycles. The molecule has 150 valence electrons. The molecule has 1 N–H and O–H groups in total. The average Bonchev–Trinajstić information content (AvgIpc) is 3.25. The molecule has 0 radical (unpaired) electrons. The lowest BCUT2D eigenvalue weighted by atomic mass is 10.2. The highest BCUT2D eigenvalue weighted by molar-refractivity contribution is 7.99. The van der Waals surface area contributed by atoms with Crippen LogP contribution in [0.25, 0.3) is 10.6 Å². The molecule has 0 atom stereocenters. The van der Waals surface area contributed by atoms with Gasteiger partial charge in [0.2, 0.25) is 0 Å². The normalized spacial score (nSPS) is 13.9. The molecule has 29 heavy (non-hydrogen) atoms. The third kappa shape index (κ3) is 4.54. The number of methoxy groups -OCH3 is 1. The van der Waals surface area contributed by atoms with Crippen molar-refractivity contribution in [2.24, 2.45) is 0 Å². The molecular formula is C21H22N4O2S2. The summed E-state index contributed by atoms with van der Waals surface area (Å²) in [6, 6.07) is 9.71. The molecule has 8 heteroatoms. The molecule has 1 amide bonds. The van der Waals surface area contributed by atoms with Crippen molar-refractivity contribution < 1.29 is 9.53 Å². The number of rotatable bonds is 5. The van der Waals surface area contributed by atoms with Crippen LogP contribution in [0.4, 0.5) is 11.5 Å². The molecule has 3 aromatic rings. The van der Waals surface area contributed by atoms with Crippen molar-refractivity contribution in [2.75, 3.05) is 41.9 Å². The van der Waals surface area contributed by atoms with Crippen molar-refractivity contribution in [3.8, 4) is 16.3 Å². The number of amides is 1. The second kappa shape index (κ2) is 8.84. The molecule has 0 unspecified atom stereocenters. The first-order chi connectivity index (χ1) is 14.1. The molecule has 4 rings (SSSR count). The smallest absolute Gasteiger partial charge is 0.275 e. The van der Waals surface area contributed by atoms with Crippen molar-refractivity contribution in [2.45, 2.75) is 6.92 Å². The van der Waals surface area contributed by atoms with Crippen molar-refractivity contribution >= 4 is 40.5 Å². The van der Waals surface area contributed by atoms with Crippen LogP contribution in [0, 0.1) is 6.92 Å². The number of benzene rings is 1. The third-order valence-corrected chi connectivity index (χ3v) is 6.50. The van der Waals surface area contributed by atoms with Gasteiger partial charge in [0.25, 0.3) is 5.91 Å². The quantitative estimate of drug-likeness (QED) is 0.655. The highest BCUT2D eigenvalue weighted by Gasteiger charge is 2.16. The molecule has 0 aliphatic carbocycles. The Labute approximate surface area is 178 Å². The predicted octanol–water partition coefficient (Wildman–Crippen LogP) is 4.33. The monoisotopic (exact) mass is 426 g/mol. The zero-order valence-electron chi connectivity index (χ0n) is 16.3. The van der Waals surface area contributed by atoms with E-state index in [9.17, 15) is 4.79 Å². The number of ether oxygens (including phenoxy) is 1. The number of carbonyl (C=O) groups excluding carboxylic acids is 1. The molecule has 1 fully saturated rings. The van der Waals surface area contributed by atoms with Crippen molar-refractivity contribution in [3.05, 3.63) is 53.2 Å². The minimum Gasteiger partial charge on any atom is -0.495 e. The van der Waals surface area contributed by atoms with Gasteiger partial charge in [-0.1, -0.05) is 6.07 Å². The highest BCUT2D eigenvalue weighted by atomic mass is 32.2. The van der Waals surface area contributed by atoms with E-state index >= 15 is 0 Å². The number of aryl methyl sites for hydroxylation is 1. The fraction of sp³-hybridized carbons (Fsp3) is 0.286. The first-order valence-electron chi connectivity index (χ1n) is 9.34. The SMILES string of the molecule is COc1ccc(C)cc1NC(=O)c1csc(-c2ccc(N3CCSCC3)nc2)n1. The second-order valence-corrected chi connectivity index (χ2v) is 8.78. The van der Waals surface area contributed by atoms with Gasteiger partial charge in [-0.2, -0.15) is 11.8 Å². The Morgan fingerprint density at radius 3 is 2.76 bits per heavy atom. The van der Waals surface area contributed by atoms with Gasteiger partial charge >= 0.3 is 0 Å². The number of carbonyl (C=O) groups is 1. The van der Waals surface area contributed by atoms with Gasteiger partial charge in [-0.15, -0.1) is 11.3 Å². The van der Waals surface area contributed by atoms with E-state index in [0.29, 0.717) is 17.1 Å². The van der Waals surface area contributed by atoms with Crippen LogP contribution in [0.5, 0.6) is 5.75 Å². The molecule has 0 bridgehead atoms. The summed E-state index contributed by atoms with van der Waals surface area (Å²) in [6.45, 7) is 4.03. The van der Waals surface area contributed by atoms with E-state index in [0.717, 1.165) is 46.5 Å². The zero-order valence-corrected chi connectivity index (χ0v) is 18.0. The summed E-state index contributed by atoms with van der Waals surface area (Å²) in [5.74, 6) is 3.64. The summed E-state index contributed by atoms with van der Waals surface area (Å²) in [6.07, 6.45) is 1.83. The summed E-state index contributed by atoms with van der Waals surface area (Å²) in [7, 11) is 1.58. The van der Waals surface area contributed by atoms with Crippen LogP contribution in [-0.4, -0.2) is 47.6 Å². The van der Waals surface area contributed by atoms with E-state index in [1.807, 2.05) is 55.2 Å². The van der Waals surface area contributed by atoms with Crippen LogP contribution in [0.3, 0.4) is 0 Å². The summed E-state index contributed by atoms with van der Waals surface area (Å²) < 4.78 is 5.33. The zero-order chi connectivity index (χ0) is 20.2. The molecule has 6 nitrogen and oxygen atoms in total. The van der Waals surface area contributed by atoms with E-state index in [4.69, 9.17) is 4.74 Å². The van der Waals surface area contributed by atoms with E-state index in [2.05, 4.69) is 20.2 Å². The Morgan fingerprint density at radius 2 is 2.03 bits per heavy atom. The summed E-state index contributed by atoms with van der Waals surface area (Å²) >= 11 is 3.41. The largest absolute Gasteiger partial charge is 0.495 e. The van der Waals surface area contributed by atoms with Crippen LogP contribution in [-0.2, 0) is 0 Å². The Kier molecular flexibility index (Phi) is 6.01. The lowest BCUT2D eigenvalue weighted by Gasteiger charge is -2.27. The van der Waals surface area contributed by atoms with Crippen LogP contribution in [0.15, 0.2) is 41.9 Å². The number of pyridine rings is 1. The number of anilines is 2. The summed E-state index contributed by atoms with van der Waals surface area (Å²) in [5, 5.41) is 5.44. The van der Waals surface area contributed by atoms with E-state index in [-0.39, 0.29) is 5.91 Å². The van der Waals surface area contributed by atoms with Crippen LogP contribution < -0.4 is 15.0 Å².